The number of aliphatic hydroxyl groups excluding tert-OH is 3. The van der Waals surface area contributed by atoms with Gasteiger partial charge in [0.2, 0.25) is 5.91 Å². The molecule has 4 saturated heterocycles. The Labute approximate surface area is 294 Å². The molecule has 4 aliphatic rings. The van der Waals surface area contributed by atoms with Crippen molar-refractivity contribution in [3.63, 3.8) is 0 Å². The van der Waals surface area contributed by atoms with E-state index >= 15 is 0 Å². The van der Waals surface area contributed by atoms with Gasteiger partial charge in [0.25, 0.3) is 6.47 Å². The smallest absolute Gasteiger partial charge is 0.290 e. The Morgan fingerprint density at radius 3 is 2.42 bits per heavy atom. The van der Waals surface area contributed by atoms with E-state index in [9.17, 15) is 20.1 Å². The van der Waals surface area contributed by atoms with Gasteiger partial charge >= 0.3 is 0 Å². The molecule has 1 aromatic carbocycles. The molecule has 4 aliphatic heterocycles. The molecule has 1 amide bonds. The highest BCUT2D eigenvalue weighted by atomic mass is 32.2. The van der Waals surface area contributed by atoms with E-state index in [0.29, 0.717) is 18.4 Å². The maximum Gasteiger partial charge on any atom is 0.290 e. The molecule has 6 N–H and O–H groups in total. The van der Waals surface area contributed by atoms with Crippen LogP contribution in [-0.4, -0.2) is 123 Å². The zero-order valence-electron chi connectivity index (χ0n) is 28.8. The predicted molar refractivity (Wildman–Crippen MR) is 189 cm³/mol. The lowest BCUT2D eigenvalue weighted by molar-refractivity contribution is -0.205. The second-order valence-corrected chi connectivity index (χ2v) is 16.5. The Hall–Kier alpha value is -1.42. The van der Waals surface area contributed by atoms with Crippen LogP contribution in [-0.2, 0) is 25.6 Å². The first kappa shape index (κ1) is 39.4. The number of benzene rings is 1. The standard InChI is InChI=1S/C34H55N3O6S2.CH2O2/c1-20(2)16-23-12-15-42-31-24(17-23)18-35-27(31)33(41)36-26(32-29(39)28(38)30(40)34(43-32)44-4)21(3)45-25-10-8-22(9-11-25)19-37-13-6-5-7-14-37;2-1-3/h8-11,20-21,23-24,26-32,34-35,38-40H,5-7,12-19H2,1-4H3,(H,36,41);1H,(H,2,3)/t21-,23-,24-,26+,27-,28-,29+,30+,31+,32+,34+;/m0./s1. The zero-order chi connectivity index (χ0) is 34.8. The van der Waals surface area contributed by atoms with E-state index in [1.807, 2.05) is 6.92 Å². The lowest BCUT2D eigenvalue weighted by atomic mass is 9.85. The van der Waals surface area contributed by atoms with Crippen LogP contribution >= 0.6 is 23.5 Å². The van der Waals surface area contributed by atoms with E-state index in [4.69, 9.17) is 19.4 Å². The fourth-order valence-electron chi connectivity index (χ4n) is 7.70. The number of piperidine rings is 1. The predicted octanol–water partition coefficient (Wildman–Crippen LogP) is 2.94. The largest absolute Gasteiger partial charge is 0.483 e. The number of hydrogen-bond donors (Lipinski definition) is 6. The highest BCUT2D eigenvalue weighted by Gasteiger charge is 2.50. The van der Waals surface area contributed by atoms with Crippen molar-refractivity contribution in [2.75, 3.05) is 32.5 Å². The molecular formula is C35H57N3O8S2. The molecule has 11 atom stereocenters. The van der Waals surface area contributed by atoms with E-state index in [1.165, 1.54) is 43.0 Å². The van der Waals surface area contributed by atoms with E-state index in [-0.39, 0.29) is 29.7 Å². The highest BCUT2D eigenvalue weighted by molar-refractivity contribution is 8.00. The second-order valence-electron chi connectivity index (χ2n) is 14.1. The van der Waals surface area contributed by atoms with Crippen molar-refractivity contribution in [3.8, 4) is 0 Å². The molecule has 13 heteroatoms. The topological polar surface area (TPSA) is 161 Å². The number of carbonyl (C=O) groups excluding carboxylic acids is 1. The highest BCUT2D eigenvalue weighted by Crippen LogP contribution is 2.36. The third-order valence-electron chi connectivity index (χ3n) is 10.1. The summed E-state index contributed by atoms with van der Waals surface area (Å²) in [5.41, 5.74) is 0.557. The van der Waals surface area contributed by atoms with Crippen LogP contribution in [0, 0.1) is 17.8 Å². The van der Waals surface area contributed by atoms with Gasteiger partial charge in [0.15, 0.2) is 0 Å². The van der Waals surface area contributed by atoms with E-state index < -0.39 is 41.9 Å². The Bertz CT molecular complexity index is 1130. The van der Waals surface area contributed by atoms with Crippen molar-refractivity contribution in [1.82, 2.24) is 15.5 Å². The molecule has 0 saturated carbocycles. The third kappa shape index (κ3) is 10.6. The average molecular weight is 712 g/mol. The van der Waals surface area contributed by atoms with Crippen LogP contribution < -0.4 is 10.6 Å². The van der Waals surface area contributed by atoms with Crippen molar-refractivity contribution in [2.45, 2.75) is 124 Å². The van der Waals surface area contributed by atoms with Gasteiger partial charge in [-0.25, -0.2) is 0 Å². The monoisotopic (exact) mass is 711 g/mol. The number of likely N-dealkylation sites (tertiary alicyclic amines) is 1. The number of nitrogens with one attached hydrogen (secondary N) is 2. The molecule has 4 fully saturated rings. The van der Waals surface area contributed by atoms with Crippen molar-refractivity contribution < 1.29 is 39.5 Å². The third-order valence-corrected chi connectivity index (χ3v) is 12.1. The molecular weight excluding hydrogens is 655 g/mol. The van der Waals surface area contributed by atoms with Crippen molar-refractivity contribution >= 4 is 35.9 Å². The molecule has 0 aliphatic carbocycles. The summed E-state index contributed by atoms with van der Waals surface area (Å²) in [6.07, 6.45) is 3.79. The molecule has 0 unspecified atom stereocenters. The molecule has 5 rings (SSSR count). The Morgan fingerprint density at radius 1 is 1.08 bits per heavy atom. The number of hydrogen-bond acceptors (Lipinski definition) is 11. The SMILES string of the molecule is CS[C@H]1O[C@H]([C@H](NC(=O)[C@H]2NC[C@@H]3C[C@H](CC(C)C)CCO[C@H]32)[C@H](C)Sc2ccc(CN3CCCCC3)cc2)[C@H](O)[C@H](O)[C@H]1O.O=CO. The van der Waals surface area contributed by atoms with Gasteiger partial charge in [-0.1, -0.05) is 39.3 Å². The van der Waals surface area contributed by atoms with E-state index in [1.54, 1.807) is 18.0 Å². The molecule has 4 heterocycles. The van der Waals surface area contributed by atoms with Crippen LogP contribution in [0.1, 0.15) is 64.9 Å². The van der Waals surface area contributed by atoms with Crippen molar-refractivity contribution in [3.05, 3.63) is 29.8 Å². The molecule has 272 valence electrons. The summed E-state index contributed by atoms with van der Waals surface area (Å²) in [7, 11) is 0. The van der Waals surface area contributed by atoms with Crippen LogP contribution in [0.5, 0.6) is 0 Å². The molecule has 1 aromatic rings. The van der Waals surface area contributed by atoms with Crippen LogP contribution in [0.3, 0.4) is 0 Å². The average Bonchev–Trinajstić information content (AvgIpc) is 3.35. The minimum Gasteiger partial charge on any atom is -0.483 e. The lowest BCUT2D eigenvalue weighted by Crippen LogP contribution is -2.65. The quantitative estimate of drug-likeness (QED) is 0.147. The summed E-state index contributed by atoms with van der Waals surface area (Å²) in [5.74, 6) is 1.32. The number of carbonyl (C=O) groups is 2. The second kappa shape index (κ2) is 19.3. The fourth-order valence-corrected chi connectivity index (χ4v) is 9.47. The number of rotatable bonds is 11. The first-order valence-electron chi connectivity index (χ1n) is 17.5. The summed E-state index contributed by atoms with van der Waals surface area (Å²) in [6, 6.07) is 7.45. The number of carboxylic acid groups (broad SMARTS) is 1. The molecule has 11 nitrogen and oxygen atoms in total. The van der Waals surface area contributed by atoms with Crippen molar-refractivity contribution in [1.29, 1.82) is 0 Å². The summed E-state index contributed by atoms with van der Waals surface area (Å²) in [6.45, 7) is 10.9. The zero-order valence-corrected chi connectivity index (χ0v) is 30.4. The first-order chi connectivity index (χ1) is 23.1. The van der Waals surface area contributed by atoms with Crippen LogP contribution in [0.25, 0.3) is 0 Å². The van der Waals surface area contributed by atoms with Crippen LogP contribution in [0.4, 0.5) is 0 Å². The minimum atomic E-state index is -1.39. The first-order valence-corrected chi connectivity index (χ1v) is 19.7. The molecule has 0 spiro atoms. The maximum atomic E-state index is 14.0. The van der Waals surface area contributed by atoms with E-state index in [0.717, 1.165) is 43.9 Å². The Morgan fingerprint density at radius 2 is 1.77 bits per heavy atom. The van der Waals surface area contributed by atoms with Gasteiger partial charge in [-0.15, -0.1) is 23.5 Å². The lowest BCUT2D eigenvalue weighted by Gasteiger charge is -2.44. The van der Waals surface area contributed by atoms with Gasteiger partial charge in [-0.05, 0) is 86.9 Å². The number of ether oxygens (including phenoxy) is 2. The summed E-state index contributed by atoms with van der Waals surface area (Å²) < 4.78 is 12.5. The normalized spacial score (nSPS) is 33.9. The van der Waals surface area contributed by atoms with Gasteiger partial charge in [0.05, 0.1) is 12.1 Å². The number of nitrogens with zero attached hydrogens (tertiary/aromatic N) is 1. The number of thioether (sulfide) groups is 2. The van der Waals surface area contributed by atoms with Crippen LogP contribution in [0.15, 0.2) is 29.2 Å². The summed E-state index contributed by atoms with van der Waals surface area (Å²) in [4.78, 5) is 25.9. The maximum absolute atomic E-state index is 14.0. The molecule has 0 radical (unpaired) electrons. The number of aliphatic hydroxyl groups is 3. The van der Waals surface area contributed by atoms with Gasteiger partial charge in [-0.2, -0.15) is 0 Å². The number of amides is 1. The van der Waals surface area contributed by atoms with Crippen molar-refractivity contribution in [2.24, 2.45) is 17.8 Å². The summed E-state index contributed by atoms with van der Waals surface area (Å²) in [5, 5.41) is 45.8. The van der Waals surface area contributed by atoms with Gasteiger partial charge in [0.1, 0.15) is 35.9 Å². The Kier molecular flexibility index (Phi) is 15.8. The van der Waals surface area contributed by atoms with E-state index in [2.05, 4.69) is 53.6 Å². The van der Waals surface area contributed by atoms with Crippen LogP contribution in [0.2, 0.25) is 0 Å². The molecule has 0 aromatic heterocycles. The van der Waals surface area contributed by atoms with Gasteiger partial charge in [0, 0.05) is 29.8 Å². The molecule has 48 heavy (non-hydrogen) atoms. The summed E-state index contributed by atoms with van der Waals surface area (Å²) >= 11 is 2.89. The van der Waals surface area contributed by atoms with Gasteiger partial charge < -0.3 is 40.5 Å². The van der Waals surface area contributed by atoms with Gasteiger partial charge in [-0.3, -0.25) is 14.5 Å². The number of fused-ring (bicyclic) bond motifs is 1. The fraction of sp³-hybridized carbons (Fsp3) is 0.771. The minimum absolute atomic E-state index is 0.184. The Balaban J connectivity index is 0.00000167. The molecule has 0 bridgehead atoms.